The van der Waals surface area contributed by atoms with E-state index < -0.39 is 10.0 Å². The van der Waals surface area contributed by atoms with Crippen LogP contribution in [0, 0.1) is 0 Å². The van der Waals surface area contributed by atoms with Gasteiger partial charge in [-0.15, -0.1) is 0 Å². The van der Waals surface area contributed by atoms with Gasteiger partial charge < -0.3 is 5.32 Å². The first-order valence-corrected chi connectivity index (χ1v) is 8.96. The molecule has 1 saturated heterocycles. The van der Waals surface area contributed by atoms with Gasteiger partial charge in [0, 0.05) is 12.5 Å². The molecule has 1 fully saturated rings. The number of carbonyl (C=O) groups is 1. The highest BCUT2D eigenvalue weighted by atomic mass is 32.2. The van der Waals surface area contributed by atoms with E-state index >= 15 is 0 Å². The molecule has 1 aliphatic heterocycles. The van der Waals surface area contributed by atoms with Crippen LogP contribution in [0.1, 0.15) is 24.4 Å². The molecular weight excluding hydrogens is 312 g/mol. The second-order valence-electron chi connectivity index (χ2n) is 5.54. The van der Waals surface area contributed by atoms with Crippen LogP contribution >= 0.6 is 0 Å². The van der Waals surface area contributed by atoms with Crippen molar-refractivity contribution in [3.05, 3.63) is 66.2 Å². The third-order valence-electron chi connectivity index (χ3n) is 3.92. The molecule has 120 valence electrons. The Kier molecular flexibility index (Phi) is 4.45. The summed E-state index contributed by atoms with van der Waals surface area (Å²) in [5.74, 6) is -0.0611. The van der Waals surface area contributed by atoms with Crippen LogP contribution in [-0.2, 0) is 14.8 Å². The number of carbonyl (C=O) groups excluding carboxylic acids is 1. The molecule has 3 rings (SSSR count). The maximum atomic E-state index is 12.5. The van der Waals surface area contributed by atoms with Gasteiger partial charge in [0.25, 0.3) is 0 Å². The van der Waals surface area contributed by atoms with Crippen molar-refractivity contribution >= 4 is 15.9 Å². The number of hydrogen-bond donors (Lipinski definition) is 2. The minimum Gasteiger partial charge on any atom is -0.348 e. The second-order valence-corrected chi connectivity index (χ2v) is 7.25. The van der Waals surface area contributed by atoms with Crippen molar-refractivity contribution in [3.63, 3.8) is 0 Å². The summed E-state index contributed by atoms with van der Waals surface area (Å²) < 4.78 is 27.8. The predicted molar refractivity (Wildman–Crippen MR) is 87.1 cm³/mol. The Bertz CT molecular complexity index is 776. The van der Waals surface area contributed by atoms with Crippen molar-refractivity contribution < 1.29 is 13.2 Å². The van der Waals surface area contributed by atoms with E-state index in [9.17, 15) is 13.2 Å². The zero-order valence-corrected chi connectivity index (χ0v) is 13.3. The second kappa shape index (κ2) is 6.52. The summed E-state index contributed by atoms with van der Waals surface area (Å²) in [6.07, 6.45) is 0.781. The molecule has 1 amide bonds. The lowest BCUT2D eigenvalue weighted by atomic mass is 9.93. The minimum atomic E-state index is -3.62. The highest BCUT2D eigenvalue weighted by Crippen LogP contribution is 2.25. The lowest BCUT2D eigenvalue weighted by molar-refractivity contribution is -0.123. The van der Waals surface area contributed by atoms with E-state index in [0.29, 0.717) is 12.8 Å². The fourth-order valence-corrected chi connectivity index (χ4v) is 4.07. The monoisotopic (exact) mass is 330 g/mol. The van der Waals surface area contributed by atoms with Crippen molar-refractivity contribution in [1.82, 2.24) is 10.0 Å². The quantitative estimate of drug-likeness (QED) is 0.900. The standard InChI is InChI=1S/C17H18N2O3S/c20-16-12-11-15(17(18-16)13-7-3-1-4-8-13)19-23(21,22)14-9-5-2-6-10-14/h1-10,15,17,19H,11-12H2,(H,18,20)/t15-,17+/m1/s1. The lowest BCUT2D eigenvalue weighted by Gasteiger charge is -2.33. The fraction of sp³-hybridized carbons (Fsp3) is 0.235. The molecule has 0 bridgehead atoms. The van der Waals surface area contributed by atoms with Gasteiger partial charge in [-0.25, -0.2) is 13.1 Å². The van der Waals surface area contributed by atoms with Crippen molar-refractivity contribution in [1.29, 1.82) is 0 Å². The normalized spacial score (nSPS) is 21.7. The average Bonchev–Trinajstić information content (AvgIpc) is 2.58. The van der Waals surface area contributed by atoms with E-state index in [1.807, 2.05) is 30.3 Å². The van der Waals surface area contributed by atoms with Gasteiger partial charge in [-0.05, 0) is 24.1 Å². The number of nitrogens with one attached hydrogen (secondary N) is 2. The number of amides is 1. The number of sulfonamides is 1. The van der Waals surface area contributed by atoms with Crippen LogP contribution in [0.15, 0.2) is 65.6 Å². The minimum absolute atomic E-state index is 0.0611. The zero-order chi connectivity index (χ0) is 16.3. The molecule has 0 radical (unpaired) electrons. The van der Waals surface area contributed by atoms with Crippen molar-refractivity contribution in [3.8, 4) is 0 Å². The number of piperidine rings is 1. The van der Waals surface area contributed by atoms with Crippen LogP contribution in [0.3, 0.4) is 0 Å². The predicted octanol–water partition coefficient (Wildman–Crippen LogP) is 1.98. The fourth-order valence-electron chi connectivity index (χ4n) is 2.77. The van der Waals surface area contributed by atoms with Crippen LogP contribution in [0.2, 0.25) is 0 Å². The van der Waals surface area contributed by atoms with Crippen LogP contribution in [-0.4, -0.2) is 20.4 Å². The van der Waals surface area contributed by atoms with Gasteiger partial charge in [0.05, 0.1) is 10.9 Å². The molecule has 2 aromatic rings. The summed E-state index contributed by atoms with van der Waals surface area (Å²) in [5, 5.41) is 2.89. The molecule has 23 heavy (non-hydrogen) atoms. The Balaban J connectivity index is 1.86. The maximum Gasteiger partial charge on any atom is 0.240 e. The molecule has 0 saturated carbocycles. The van der Waals surface area contributed by atoms with Crippen LogP contribution < -0.4 is 10.0 Å². The van der Waals surface area contributed by atoms with Gasteiger partial charge in [-0.2, -0.15) is 0 Å². The summed E-state index contributed by atoms with van der Waals surface area (Å²) in [4.78, 5) is 12.0. The summed E-state index contributed by atoms with van der Waals surface area (Å²) in [6.45, 7) is 0. The highest BCUT2D eigenvalue weighted by Gasteiger charge is 2.33. The Morgan fingerprint density at radius 3 is 2.22 bits per heavy atom. The first-order chi connectivity index (χ1) is 11.1. The Hall–Kier alpha value is -2.18. The summed E-state index contributed by atoms with van der Waals surface area (Å²) in [7, 11) is -3.62. The molecule has 6 heteroatoms. The summed E-state index contributed by atoms with van der Waals surface area (Å²) in [5.41, 5.74) is 0.890. The highest BCUT2D eigenvalue weighted by molar-refractivity contribution is 7.89. The lowest BCUT2D eigenvalue weighted by Crippen LogP contribution is -2.50. The average molecular weight is 330 g/mol. The van der Waals surface area contributed by atoms with E-state index in [1.54, 1.807) is 30.3 Å². The first kappa shape index (κ1) is 15.7. The third-order valence-corrected chi connectivity index (χ3v) is 5.43. The van der Waals surface area contributed by atoms with Gasteiger partial charge in [0.15, 0.2) is 0 Å². The number of hydrogen-bond acceptors (Lipinski definition) is 3. The zero-order valence-electron chi connectivity index (χ0n) is 12.5. The third kappa shape index (κ3) is 3.60. The molecule has 5 nitrogen and oxygen atoms in total. The largest absolute Gasteiger partial charge is 0.348 e. The van der Waals surface area contributed by atoms with Gasteiger partial charge in [0.2, 0.25) is 15.9 Å². The number of benzene rings is 2. The van der Waals surface area contributed by atoms with Gasteiger partial charge in [-0.1, -0.05) is 48.5 Å². The summed E-state index contributed by atoms with van der Waals surface area (Å²) >= 11 is 0. The Labute approximate surface area is 135 Å². The van der Waals surface area contributed by atoms with Crippen molar-refractivity contribution in [2.24, 2.45) is 0 Å². The summed E-state index contributed by atoms with van der Waals surface area (Å²) in [6, 6.07) is 16.9. The van der Waals surface area contributed by atoms with E-state index in [2.05, 4.69) is 10.0 Å². The number of rotatable bonds is 4. The van der Waals surface area contributed by atoms with Gasteiger partial charge >= 0.3 is 0 Å². The molecule has 2 aromatic carbocycles. The van der Waals surface area contributed by atoms with Gasteiger partial charge in [-0.3, -0.25) is 4.79 Å². The van der Waals surface area contributed by atoms with Crippen molar-refractivity contribution in [2.75, 3.05) is 0 Å². The SMILES string of the molecule is O=C1CC[C@@H](NS(=O)(=O)c2ccccc2)[C@H](c2ccccc2)N1. The molecular formula is C17H18N2O3S. The molecule has 0 aromatic heterocycles. The smallest absolute Gasteiger partial charge is 0.240 e. The topological polar surface area (TPSA) is 75.3 Å². The van der Waals surface area contributed by atoms with E-state index in [4.69, 9.17) is 0 Å². The molecule has 0 aliphatic carbocycles. The molecule has 0 spiro atoms. The molecule has 2 atom stereocenters. The van der Waals surface area contributed by atoms with Crippen LogP contribution in [0.25, 0.3) is 0 Å². The molecule has 1 heterocycles. The van der Waals surface area contributed by atoms with Crippen molar-refractivity contribution in [2.45, 2.75) is 29.8 Å². The first-order valence-electron chi connectivity index (χ1n) is 7.48. The molecule has 2 N–H and O–H groups in total. The van der Waals surface area contributed by atoms with Crippen LogP contribution in [0.5, 0.6) is 0 Å². The Morgan fingerprint density at radius 1 is 0.957 bits per heavy atom. The molecule has 0 unspecified atom stereocenters. The van der Waals surface area contributed by atoms with Gasteiger partial charge in [0.1, 0.15) is 0 Å². The van der Waals surface area contributed by atoms with Crippen LogP contribution in [0.4, 0.5) is 0 Å². The Morgan fingerprint density at radius 2 is 1.57 bits per heavy atom. The van der Waals surface area contributed by atoms with E-state index in [-0.39, 0.29) is 22.9 Å². The van der Waals surface area contributed by atoms with E-state index in [1.165, 1.54) is 0 Å². The molecule has 1 aliphatic rings. The maximum absolute atomic E-state index is 12.5. The van der Waals surface area contributed by atoms with E-state index in [0.717, 1.165) is 5.56 Å².